The van der Waals surface area contributed by atoms with Gasteiger partial charge >= 0.3 is 12.2 Å². The van der Waals surface area contributed by atoms with Gasteiger partial charge in [-0.05, 0) is 81.4 Å². The number of likely N-dealkylation sites (tertiary alicyclic amines) is 1. The molecule has 3 amide bonds. The number of rotatable bonds is 10. The fourth-order valence-corrected chi connectivity index (χ4v) is 9.00. The molecule has 1 unspecified atom stereocenters. The number of piperidine rings is 2. The molecule has 3 aliphatic rings. The van der Waals surface area contributed by atoms with Gasteiger partial charge in [0.15, 0.2) is 5.82 Å². The van der Waals surface area contributed by atoms with Crippen LogP contribution in [0.15, 0.2) is 53.7 Å². The van der Waals surface area contributed by atoms with Crippen molar-refractivity contribution >= 4 is 56.2 Å². The Bertz CT molecular complexity index is 2170. The zero-order chi connectivity index (χ0) is 39.1. The number of aromatic nitrogens is 4. The first-order chi connectivity index (χ1) is 26.2. The first-order valence-corrected chi connectivity index (χ1v) is 19.9. The molecule has 5 heterocycles. The van der Waals surface area contributed by atoms with Crippen molar-refractivity contribution in [1.29, 1.82) is 0 Å². The molecular formula is C36H41ClF3N9O5S. The van der Waals surface area contributed by atoms with Crippen LogP contribution in [0.25, 0.3) is 10.9 Å². The van der Waals surface area contributed by atoms with Gasteiger partial charge in [-0.15, -0.1) is 0 Å². The smallest absolute Gasteiger partial charge is 0.419 e. The molecule has 3 saturated heterocycles. The van der Waals surface area contributed by atoms with Gasteiger partial charge in [0.2, 0.25) is 21.9 Å². The molecule has 4 aromatic rings. The van der Waals surface area contributed by atoms with E-state index < -0.39 is 27.8 Å². The number of carbonyl (C=O) groups excluding carboxylic acids is 2. The van der Waals surface area contributed by atoms with Crippen LogP contribution in [0.3, 0.4) is 0 Å². The molecule has 2 N–H and O–H groups in total. The molecule has 2 aromatic carbocycles. The molecule has 0 bridgehead atoms. The fraction of sp³-hybridized carbons (Fsp3) is 0.472. The fourth-order valence-electron chi connectivity index (χ4n) is 7.34. The van der Waals surface area contributed by atoms with Gasteiger partial charge in [0.05, 0.1) is 21.0 Å². The summed E-state index contributed by atoms with van der Waals surface area (Å²) in [7, 11) is -2.03. The van der Waals surface area contributed by atoms with Crippen LogP contribution < -0.4 is 20.3 Å². The molecule has 3 aliphatic heterocycles. The molecular weight excluding hydrogens is 763 g/mol. The number of anilines is 2. The van der Waals surface area contributed by atoms with Crippen LogP contribution in [0.5, 0.6) is 5.75 Å². The van der Waals surface area contributed by atoms with E-state index in [1.807, 2.05) is 13.1 Å². The van der Waals surface area contributed by atoms with Crippen molar-refractivity contribution in [1.82, 2.24) is 34.3 Å². The highest BCUT2D eigenvalue weighted by atomic mass is 35.5. The first-order valence-electron chi connectivity index (χ1n) is 18.1. The van der Waals surface area contributed by atoms with Crippen molar-refractivity contribution in [2.45, 2.75) is 68.1 Å². The number of ether oxygens (including phenoxy) is 1. The number of benzene rings is 2. The van der Waals surface area contributed by atoms with Gasteiger partial charge in [-0.2, -0.15) is 22.6 Å². The van der Waals surface area contributed by atoms with Crippen LogP contribution >= 0.6 is 11.6 Å². The van der Waals surface area contributed by atoms with E-state index >= 15 is 0 Å². The number of hydrogen-bond donors (Lipinski definition) is 2. The zero-order valence-electron chi connectivity index (χ0n) is 30.2. The summed E-state index contributed by atoms with van der Waals surface area (Å²) in [6, 6.07) is 10.0. The zero-order valence-corrected chi connectivity index (χ0v) is 31.8. The highest BCUT2D eigenvalue weighted by molar-refractivity contribution is 7.89. The van der Waals surface area contributed by atoms with E-state index in [-0.39, 0.29) is 60.6 Å². The lowest BCUT2D eigenvalue weighted by Gasteiger charge is -2.36. The second-order valence-corrected chi connectivity index (χ2v) is 16.5. The van der Waals surface area contributed by atoms with Crippen molar-refractivity contribution < 1.29 is 35.9 Å². The lowest BCUT2D eigenvalue weighted by atomic mass is 9.88. The van der Waals surface area contributed by atoms with E-state index in [1.54, 1.807) is 4.68 Å². The highest BCUT2D eigenvalue weighted by Gasteiger charge is 2.33. The van der Waals surface area contributed by atoms with E-state index in [0.29, 0.717) is 48.6 Å². The summed E-state index contributed by atoms with van der Waals surface area (Å²) >= 11 is 6.46. The molecule has 0 aliphatic carbocycles. The second kappa shape index (κ2) is 15.5. The number of imide groups is 1. The number of urea groups is 1. The number of hydrogen-bond acceptors (Lipinski definition) is 10. The number of sulfonamides is 1. The van der Waals surface area contributed by atoms with Gasteiger partial charge in [-0.1, -0.05) is 17.7 Å². The topological polar surface area (TPSA) is 155 Å². The minimum Gasteiger partial charge on any atom is -0.490 e. The van der Waals surface area contributed by atoms with E-state index in [0.717, 1.165) is 36.8 Å². The normalized spacial score (nSPS) is 19.1. The first kappa shape index (κ1) is 38.7. The third kappa shape index (κ3) is 8.36. The van der Waals surface area contributed by atoms with Crippen LogP contribution in [0.1, 0.15) is 56.1 Å². The number of amides is 3. The second-order valence-electron chi connectivity index (χ2n) is 14.2. The van der Waals surface area contributed by atoms with Crippen LogP contribution in [0.4, 0.5) is 29.7 Å². The molecule has 0 radical (unpaired) electrons. The molecule has 19 heteroatoms. The molecule has 0 saturated carbocycles. The predicted molar refractivity (Wildman–Crippen MR) is 199 cm³/mol. The van der Waals surface area contributed by atoms with Gasteiger partial charge in [0.1, 0.15) is 12.4 Å². The molecule has 294 valence electrons. The Labute approximate surface area is 321 Å². The maximum atomic E-state index is 13.6. The summed E-state index contributed by atoms with van der Waals surface area (Å²) in [5.74, 6) is 0.904. The largest absolute Gasteiger partial charge is 0.490 e. The molecule has 1 atom stereocenters. The third-order valence-corrected chi connectivity index (χ3v) is 12.8. The number of nitrogens with zero attached hydrogens (tertiary/aromatic N) is 7. The van der Waals surface area contributed by atoms with Gasteiger partial charge < -0.3 is 10.1 Å². The number of fused-ring (bicyclic) bond motifs is 1. The van der Waals surface area contributed by atoms with Crippen molar-refractivity contribution in [3.63, 3.8) is 0 Å². The lowest BCUT2D eigenvalue weighted by Crippen LogP contribution is -2.49. The average Bonchev–Trinajstić information content (AvgIpc) is 3.49. The summed E-state index contributed by atoms with van der Waals surface area (Å²) < 4.78 is 75.0. The summed E-state index contributed by atoms with van der Waals surface area (Å²) in [5.41, 5.74) is 1.17. The maximum absolute atomic E-state index is 13.6. The van der Waals surface area contributed by atoms with E-state index in [2.05, 4.69) is 49.7 Å². The van der Waals surface area contributed by atoms with E-state index in [1.165, 1.54) is 33.0 Å². The number of alkyl halides is 3. The Hall–Kier alpha value is -4.52. The van der Waals surface area contributed by atoms with Gasteiger partial charge in [-0.3, -0.25) is 24.6 Å². The molecule has 3 fully saturated rings. The van der Waals surface area contributed by atoms with Crippen molar-refractivity contribution in [2.75, 3.05) is 49.5 Å². The van der Waals surface area contributed by atoms with E-state index in [9.17, 15) is 31.2 Å². The van der Waals surface area contributed by atoms with Crippen molar-refractivity contribution in [3.05, 3.63) is 64.9 Å². The number of carbonyl (C=O) groups is 2. The predicted octanol–water partition coefficient (Wildman–Crippen LogP) is 5.39. The van der Waals surface area contributed by atoms with Gasteiger partial charge in [-0.25, -0.2) is 23.2 Å². The highest BCUT2D eigenvalue weighted by Crippen LogP contribution is 2.35. The molecule has 0 spiro atoms. The Balaban J connectivity index is 0.911. The van der Waals surface area contributed by atoms with Gasteiger partial charge in [0.25, 0.3) is 0 Å². The average molecular weight is 804 g/mol. The minimum atomic E-state index is -4.53. The third-order valence-electron chi connectivity index (χ3n) is 10.6. The van der Waals surface area contributed by atoms with Crippen LogP contribution in [-0.4, -0.2) is 101 Å². The number of halogens is 4. The summed E-state index contributed by atoms with van der Waals surface area (Å²) in [6.07, 6.45) is -0.199. The van der Waals surface area contributed by atoms with Crippen LogP contribution in [0, 0.1) is 0 Å². The maximum Gasteiger partial charge on any atom is 0.419 e. The monoisotopic (exact) mass is 803 g/mol. The number of aryl methyl sites for hydroxylation is 1. The Kier molecular flexibility index (Phi) is 11.0. The summed E-state index contributed by atoms with van der Waals surface area (Å²) in [5, 5.41) is 11.1. The Morgan fingerprint density at radius 1 is 1.00 bits per heavy atom. The SMILES string of the molecule is CC(COc1cc(S(=O)(=O)N2CCC(Nc3ncc(C(F)(F)F)cn3)CC2)ccc1Cl)N1CCC(c2ccc3c(N4CCC(=O)NC4=O)nn(C)c3c2)CC1. The summed E-state index contributed by atoms with van der Waals surface area (Å²) in [4.78, 5) is 35.5. The molecule has 2 aromatic heterocycles. The Morgan fingerprint density at radius 3 is 2.38 bits per heavy atom. The quantitative estimate of drug-likeness (QED) is 0.213. The van der Waals surface area contributed by atoms with E-state index in [4.69, 9.17) is 16.3 Å². The van der Waals surface area contributed by atoms with Crippen LogP contribution in [-0.2, 0) is 28.0 Å². The number of nitrogens with one attached hydrogen (secondary N) is 2. The molecule has 7 rings (SSSR count). The van der Waals surface area contributed by atoms with Crippen molar-refractivity contribution in [2.24, 2.45) is 7.05 Å². The molecule has 55 heavy (non-hydrogen) atoms. The van der Waals surface area contributed by atoms with Crippen LogP contribution in [0.2, 0.25) is 5.02 Å². The minimum absolute atomic E-state index is 0.0298. The standard InChI is InChI=1S/C36H41ClF3N9O5S/c1-22(47-12-7-23(8-13-47)24-3-5-28-30(17-24)46(2)45-33(28)49-16-11-32(50)44-35(49)51)21-54-31-18-27(4-6-29(31)37)55(52,53)48-14-9-26(10-15-48)43-34-41-19-25(20-42-34)36(38,39)40/h3-6,17-20,22-23,26H,7-16,21H2,1-2H3,(H,41,42,43)(H,44,50,51). The van der Waals surface area contributed by atoms with Gasteiger partial charge in [0, 0.05) is 69.0 Å². The molecule has 14 nitrogen and oxygen atoms in total. The summed E-state index contributed by atoms with van der Waals surface area (Å²) in [6.45, 7) is 4.72. The lowest BCUT2D eigenvalue weighted by molar-refractivity contribution is -0.138. The Morgan fingerprint density at radius 2 is 1.71 bits per heavy atom. The van der Waals surface area contributed by atoms with Crippen molar-refractivity contribution in [3.8, 4) is 5.75 Å².